The summed E-state index contributed by atoms with van der Waals surface area (Å²) in [5.74, 6) is -1.63. The molecule has 0 radical (unpaired) electrons. The average molecular weight is 267 g/mol. The summed E-state index contributed by atoms with van der Waals surface area (Å²) in [6, 6.07) is 0. The number of amides is 1. The SMILES string of the molecule is CCN(CC(C)C(=O)O)C(=O)c1c(C)nn(C)c1C. The van der Waals surface area contributed by atoms with Crippen molar-refractivity contribution in [2.75, 3.05) is 13.1 Å². The number of hydrogen-bond donors (Lipinski definition) is 1. The van der Waals surface area contributed by atoms with E-state index in [4.69, 9.17) is 5.11 Å². The number of carboxylic acid groups (broad SMARTS) is 1. The molecule has 19 heavy (non-hydrogen) atoms. The lowest BCUT2D eigenvalue weighted by atomic mass is 10.1. The van der Waals surface area contributed by atoms with E-state index in [2.05, 4.69) is 5.10 Å². The first kappa shape index (κ1) is 15.2. The van der Waals surface area contributed by atoms with Gasteiger partial charge in [0.05, 0.1) is 17.2 Å². The van der Waals surface area contributed by atoms with Crippen LogP contribution >= 0.6 is 0 Å². The van der Waals surface area contributed by atoms with Crippen molar-refractivity contribution in [3.8, 4) is 0 Å². The molecule has 0 saturated carbocycles. The van der Waals surface area contributed by atoms with Gasteiger partial charge in [-0.3, -0.25) is 14.3 Å². The second-order valence-corrected chi connectivity index (χ2v) is 4.75. The quantitative estimate of drug-likeness (QED) is 0.870. The number of nitrogens with zero attached hydrogens (tertiary/aromatic N) is 3. The van der Waals surface area contributed by atoms with E-state index in [-0.39, 0.29) is 12.5 Å². The van der Waals surface area contributed by atoms with Crippen molar-refractivity contribution in [1.82, 2.24) is 14.7 Å². The van der Waals surface area contributed by atoms with Gasteiger partial charge in [-0.1, -0.05) is 6.92 Å². The number of rotatable bonds is 5. The van der Waals surface area contributed by atoms with Crippen LogP contribution in [0.1, 0.15) is 35.6 Å². The molecular formula is C13H21N3O3. The fourth-order valence-corrected chi connectivity index (χ4v) is 2.01. The molecular weight excluding hydrogens is 246 g/mol. The van der Waals surface area contributed by atoms with Crippen LogP contribution in [0.3, 0.4) is 0 Å². The third kappa shape index (κ3) is 3.13. The highest BCUT2D eigenvalue weighted by Gasteiger charge is 2.24. The summed E-state index contributed by atoms with van der Waals surface area (Å²) in [6.45, 7) is 7.74. The molecule has 0 aliphatic heterocycles. The molecule has 1 unspecified atom stereocenters. The van der Waals surface area contributed by atoms with Gasteiger partial charge in [0.15, 0.2) is 0 Å². The van der Waals surface area contributed by atoms with E-state index in [0.29, 0.717) is 17.8 Å². The highest BCUT2D eigenvalue weighted by molar-refractivity contribution is 5.96. The summed E-state index contributed by atoms with van der Waals surface area (Å²) < 4.78 is 1.66. The standard InChI is InChI=1S/C13H21N3O3/c1-6-16(7-8(2)13(18)19)12(17)11-9(3)14-15(5)10(11)4/h8H,6-7H2,1-5H3,(H,18,19). The number of hydrogen-bond acceptors (Lipinski definition) is 3. The van der Waals surface area contributed by atoms with E-state index >= 15 is 0 Å². The Labute approximate surface area is 113 Å². The Morgan fingerprint density at radius 3 is 2.37 bits per heavy atom. The summed E-state index contributed by atoms with van der Waals surface area (Å²) in [6.07, 6.45) is 0. The van der Waals surface area contributed by atoms with E-state index in [0.717, 1.165) is 5.69 Å². The van der Waals surface area contributed by atoms with Gasteiger partial charge in [-0.2, -0.15) is 5.10 Å². The molecule has 1 atom stereocenters. The summed E-state index contributed by atoms with van der Waals surface area (Å²) in [4.78, 5) is 24.9. The highest BCUT2D eigenvalue weighted by Crippen LogP contribution is 2.15. The normalized spacial score (nSPS) is 12.3. The molecule has 0 saturated heterocycles. The van der Waals surface area contributed by atoms with E-state index in [1.165, 1.54) is 0 Å². The largest absolute Gasteiger partial charge is 0.481 e. The number of carbonyl (C=O) groups excluding carboxylic acids is 1. The Balaban J connectivity index is 2.99. The van der Waals surface area contributed by atoms with Gasteiger partial charge in [0.25, 0.3) is 5.91 Å². The van der Waals surface area contributed by atoms with Crippen molar-refractivity contribution < 1.29 is 14.7 Å². The fraction of sp³-hybridized carbons (Fsp3) is 0.615. The molecule has 1 N–H and O–H groups in total. The van der Waals surface area contributed by atoms with Crippen LogP contribution < -0.4 is 0 Å². The van der Waals surface area contributed by atoms with Gasteiger partial charge in [0.1, 0.15) is 0 Å². The highest BCUT2D eigenvalue weighted by atomic mass is 16.4. The summed E-state index contributed by atoms with van der Waals surface area (Å²) in [5.41, 5.74) is 2.04. The number of carbonyl (C=O) groups is 2. The predicted molar refractivity (Wildman–Crippen MR) is 71.1 cm³/mol. The molecule has 1 rings (SSSR count). The zero-order valence-corrected chi connectivity index (χ0v) is 12.1. The minimum atomic E-state index is -0.897. The van der Waals surface area contributed by atoms with Crippen LogP contribution in [0.15, 0.2) is 0 Å². The maximum atomic E-state index is 12.5. The van der Waals surface area contributed by atoms with Crippen LogP contribution in [0.2, 0.25) is 0 Å². The second-order valence-electron chi connectivity index (χ2n) is 4.75. The van der Waals surface area contributed by atoms with Crippen LogP contribution in [-0.4, -0.2) is 44.8 Å². The van der Waals surface area contributed by atoms with Crippen LogP contribution in [0.5, 0.6) is 0 Å². The van der Waals surface area contributed by atoms with Crippen molar-refractivity contribution in [3.05, 3.63) is 17.0 Å². The maximum Gasteiger partial charge on any atom is 0.308 e. The molecule has 1 aromatic rings. The Bertz CT molecular complexity index is 494. The number of carboxylic acids is 1. The topological polar surface area (TPSA) is 75.4 Å². The zero-order valence-electron chi connectivity index (χ0n) is 12.1. The Hall–Kier alpha value is -1.85. The Morgan fingerprint density at radius 1 is 1.42 bits per heavy atom. The number of aliphatic carboxylic acids is 1. The van der Waals surface area contributed by atoms with E-state index < -0.39 is 11.9 Å². The van der Waals surface area contributed by atoms with Crippen LogP contribution in [-0.2, 0) is 11.8 Å². The Kier molecular flexibility index (Phi) is 4.69. The first-order valence-electron chi connectivity index (χ1n) is 6.31. The van der Waals surface area contributed by atoms with Crippen molar-refractivity contribution >= 4 is 11.9 Å². The predicted octanol–water partition coefficient (Wildman–Crippen LogP) is 1.22. The van der Waals surface area contributed by atoms with Gasteiger partial charge >= 0.3 is 5.97 Å². The number of aromatic nitrogens is 2. The van der Waals surface area contributed by atoms with E-state index in [1.807, 2.05) is 13.8 Å². The monoisotopic (exact) mass is 267 g/mol. The fourth-order valence-electron chi connectivity index (χ4n) is 2.01. The van der Waals surface area contributed by atoms with E-state index in [9.17, 15) is 9.59 Å². The molecule has 6 heteroatoms. The lowest BCUT2D eigenvalue weighted by molar-refractivity contribution is -0.141. The third-order valence-electron chi connectivity index (χ3n) is 3.31. The molecule has 6 nitrogen and oxygen atoms in total. The molecule has 0 bridgehead atoms. The van der Waals surface area contributed by atoms with Crippen molar-refractivity contribution in [2.45, 2.75) is 27.7 Å². The van der Waals surface area contributed by atoms with Gasteiger partial charge in [-0.25, -0.2) is 0 Å². The van der Waals surface area contributed by atoms with Gasteiger partial charge in [-0.15, -0.1) is 0 Å². The molecule has 106 valence electrons. The molecule has 0 aliphatic carbocycles. The molecule has 1 amide bonds. The number of aryl methyl sites for hydroxylation is 2. The second kappa shape index (κ2) is 5.86. The minimum absolute atomic E-state index is 0.154. The third-order valence-corrected chi connectivity index (χ3v) is 3.31. The zero-order chi connectivity index (χ0) is 14.7. The first-order valence-corrected chi connectivity index (χ1v) is 6.31. The molecule has 1 heterocycles. The lowest BCUT2D eigenvalue weighted by Gasteiger charge is -2.23. The first-order chi connectivity index (χ1) is 8.79. The molecule has 1 aromatic heterocycles. The van der Waals surface area contributed by atoms with Gasteiger partial charge < -0.3 is 10.0 Å². The molecule has 0 aromatic carbocycles. The van der Waals surface area contributed by atoms with Crippen molar-refractivity contribution in [3.63, 3.8) is 0 Å². The van der Waals surface area contributed by atoms with E-state index in [1.54, 1.807) is 30.5 Å². The smallest absolute Gasteiger partial charge is 0.308 e. The molecule has 0 aliphatic rings. The van der Waals surface area contributed by atoms with Crippen molar-refractivity contribution in [2.24, 2.45) is 13.0 Å². The minimum Gasteiger partial charge on any atom is -0.481 e. The maximum absolute atomic E-state index is 12.5. The van der Waals surface area contributed by atoms with Crippen LogP contribution in [0.25, 0.3) is 0 Å². The summed E-state index contributed by atoms with van der Waals surface area (Å²) >= 11 is 0. The molecule has 0 spiro atoms. The molecule has 0 fully saturated rings. The average Bonchev–Trinajstić information content (AvgIpc) is 2.59. The summed E-state index contributed by atoms with van der Waals surface area (Å²) in [5, 5.41) is 13.2. The van der Waals surface area contributed by atoms with Crippen molar-refractivity contribution in [1.29, 1.82) is 0 Å². The lowest BCUT2D eigenvalue weighted by Crippen LogP contribution is -2.37. The van der Waals surface area contributed by atoms with Gasteiger partial charge in [0.2, 0.25) is 0 Å². The van der Waals surface area contributed by atoms with Gasteiger partial charge in [0, 0.05) is 25.8 Å². The van der Waals surface area contributed by atoms with Gasteiger partial charge in [-0.05, 0) is 20.8 Å². The Morgan fingerprint density at radius 2 is 2.00 bits per heavy atom. The van der Waals surface area contributed by atoms with Crippen LogP contribution in [0.4, 0.5) is 0 Å². The summed E-state index contributed by atoms with van der Waals surface area (Å²) in [7, 11) is 1.79. The van der Waals surface area contributed by atoms with Crippen LogP contribution in [0, 0.1) is 19.8 Å².